The first-order valence-corrected chi connectivity index (χ1v) is 6.53. The fraction of sp³-hybridized carbons (Fsp3) is 0.615. The van der Waals surface area contributed by atoms with Gasteiger partial charge in [0.2, 0.25) is 5.95 Å². The molecule has 6 heteroatoms. The molecule has 2 heterocycles. The first kappa shape index (κ1) is 13.7. The molecule has 0 aliphatic carbocycles. The molecule has 19 heavy (non-hydrogen) atoms. The molecule has 1 fully saturated rings. The molecular weight excluding hydrogens is 246 g/mol. The van der Waals surface area contributed by atoms with E-state index in [-0.39, 0.29) is 5.97 Å². The maximum atomic E-state index is 11.6. The van der Waals surface area contributed by atoms with Crippen molar-refractivity contribution in [3.8, 4) is 0 Å². The zero-order valence-corrected chi connectivity index (χ0v) is 11.3. The van der Waals surface area contributed by atoms with Crippen LogP contribution < -0.4 is 5.32 Å². The van der Waals surface area contributed by atoms with Crippen LogP contribution in [0, 0.1) is 12.8 Å². The van der Waals surface area contributed by atoms with Crippen LogP contribution in [-0.2, 0) is 9.47 Å². The van der Waals surface area contributed by atoms with E-state index in [1.165, 1.54) is 6.20 Å². The highest BCUT2D eigenvalue weighted by atomic mass is 16.5. The third-order valence-electron chi connectivity index (χ3n) is 3.05. The molecule has 1 aromatic rings. The van der Waals surface area contributed by atoms with E-state index in [4.69, 9.17) is 9.47 Å². The Morgan fingerprint density at radius 1 is 1.63 bits per heavy atom. The predicted octanol–water partition coefficient (Wildman–Crippen LogP) is 1.41. The van der Waals surface area contributed by atoms with Gasteiger partial charge < -0.3 is 14.8 Å². The van der Waals surface area contributed by atoms with Crippen LogP contribution in [-0.4, -0.2) is 42.3 Å². The fourth-order valence-corrected chi connectivity index (χ4v) is 1.94. The second-order valence-electron chi connectivity index (χ2n) is 4.52. The van der Waals surface area contributed by atoms with Crippen LogP contribution in [0.4, 0.5) is 5.95 Å². The average Bonchev–Trinajstić information content (AvgIpc) is 2.89. The van der Waals surface area contributed by atoms with Gasteiger partial charge in [-0.25, -0.2) is 14.8 Å². The van der Waals surface area contributed by atoms with Crippen molar-refractivity contribution in [2.45, 2.75) is 20.3 Å². The Bertz CT molecular complexity index is 445. The fourth-order valence-electron chi connectivity index (χ4n) is 1.94. The summed E-state index contributed by atoms with van der Waals surface area (Å²) in [5.74, 6) is 0.668. The van der Waals surface area contributed by atoms with Crippen LogP contribution in [0.25, 0.3) is 0 Å². The lowest BCUT2D eigenvalue weighted by atomic mass is 10.1. The molecule has 0 bridgehead atoms. The van der Waals surface area contributed by atoms with Crippen molar-refractivity contribution < 1.29 is 14.3 Å². The minimum atomic E-state index is -0.379. The molecule has 0 aromatic carbocycles. The van der Waals surface area contributed by atoms with E-state index in [0.717, 1.165) is 26.2 Å². The normalized spacial score (nSPS) is 18.3. The van der Waals surface area contributed by atoms with Crippen molar-refractivity contribution in [2.75, 3.05) is 31.7 Å². The summed E-state index contributed by atoms with van der Waals surface area (Å²) in [7, 11) is 0. The quantitative estimate of drug-likeness (QED) is 0.811. The first-order chi connectivity index (χ1) is 9.20. The number of rotatable bonds is 5. The van der Waals surface area contributed by atoms with Gasteiger partial charge in [-0.05, 0) is 20.3 Å². The Labute approximate surface area is 112 Å². The number of hydrogen-bond acceptors (Lipinski definition) is 6. The summed E-state index contributed by atoms with van der Waals surface area (Å²) in [6, 6.07) is 0. The molecule has 0 saturated carbocycles. The second kappa shape index (κ2) is 6.47. The second-order valence-corrected chi connectivity index (χ2v) is 4.52. The average molecular weight is 265 g/mol. The molecular formula is C13H19N3O3. The van der Waals surface area contributed by atoms with Crippen molar-refractivity contribution in [1.29, 1.82) is 0 Å². The molecule has 1 saturated heterocycles. The van der Waals surface area contributed by atoms with Crippen LogP contribution in [0.15, 0.2) is 6.20 Å². The summed E-state index contributed by atoms with van der Waals surface area (Å²) < 4.78 is 10.2. The van der Waals surface area contributed by atoms with E-state index in [1.807, 2.05) is 0 Å². The monoisotopic (exact) mass is 265 g/mol. The van der Waals surface area contributed by atoms with Crippen LogP contribution in [0.3, 0.4) is 0 Å². The van der Waals surface area contributed by atoms with Crippen molar-refractivity contribution in [1.82, 2.24) is 9.97 Å². The van der Waals surface area contributed by atoms with E-state index in [9.17, 15) is 4.79 Å². The molecule has 1 aliphatic rings. The molecule has 1 N–H and O–H groups in total. The van der Waals surface area contributed by atoms with Gasteiger partial charge >= 0.3 is 5.97 Å². The highest BCUT2D eigenvalue weighted by Crippen LogP contribution is 2.13. The van der Waals surface area contributed by atoms with Crippen LogP contribution >= 0.6 is 0 Å². The Kier molecular flexibility index (Phi) is 4.68. The van der Waals surface area contributed by atoms with E-state index >= 15 is 0 Å². The lowest BCUT2D eigenvalue weighted by Crippen LogP contribution is -2.17. The van der Waals surface area contributed by atoms with E-state index in [2.05, 4.69) is 15.3 Å². The van der Waals surface area contributed by atoms with Crippen molar-refractivity contribution in [2.24, 2.45) is 5.92 Å². The van der Waals surface area contributed by atoms with Crippen molar-refractivity contribution >= 4 is 11.9 Å². The molecule has 1 aromatic heterocycles. The van der Waals surface area contributed by atoms with Crippen LogP contribution in [0.1, 0.15) is 29.4 Å². The predicted molar refractivity (Wildman–Crippen MR) is 70.1 cm³/mol. The summed E-state index contributed by atoms with van der Waals surface area (Å²) in [6.07, 6.45) is 2.57. The summed E-state index contributed by atoms with van der Waals surface area (Å²) >= 11 is 0. The number of nitrogens with zero attached hydrogens (tertiary/aromatic N) is 2. The number of nitrogens with one attached hydrogen (secondary N) is 1. The number of carbonyl (C=O) groups excluding carboxylic acids is 1. The summed E-state index contributed by atoms with van der Waals surface area (Å²) in [4.78, 5) is 20.0. The van der Waals surface area contributed by atoms with Gasteiger partial charge in [0.1, 0.15) is 0 Å². The molecule has 6 nitrogen and oxygen atoms in total. The standard InChI is InChI=1S/C13H19N3O3/c1-3-19-12(17)11-7-15-13(16-9(11)2)14-6-10-4-5-18-8-10/h7,10H,3-6,8H2,1-2H3,(H,14,15,16). The Balaban J connectivity index is 1.95. The SMILES string of the molecule is CCOC(=O)c1cnc(NCC2CCOC2)nc1C. The number of carbonyl (C=O) groups is 1. The zero-order chi connectivity index (χ0) is 13.7. The number of anilines is 1. The molecule has 2 rings (SSSR count). The molecule has 0 amide bonds. The van der Waals surface area contributed by atoms with Gasteiger partial charge in [-0.3, -0.25) is 0 Å². The molecule has 1 atom stereocenters. The Morgan fingerprint density at radius 2 is 2.47 bits per heavy atom. The van der Waals surface area contributed by atoms with Gasteiger partial charge in [0, 0.05) is 25.3 Å². The van der Waals surface area contributed by atoms with Gasteiger partial charge in [0.15, 0.2) is 0 Å². The lowest BCUT2D eigenvalue weighted by Gasteiger charge is -2.10. The van der Waals surface area contributed by atoms with Crippen molar-refractivity contribution in [3.05, 3.63) is 17.5 Å². The molecule has 1 unspecified atom stereocenters. The first-order valence-electron chi connectivity index (χ1n) is 6.53. The van der Waals surface area contributed by atoms with E-state index in [1.54, 1.807) is 13.8 Å². The lowest BCUT2D eigenvalue weighted by molar-refractivity contribution is 0.0524. The number of ether oxygens (including phenoxy) is 2. The van der Waals surface area contributed by atoms with Gasteiger partial charge in [-0.1, -0.05) is 0 Å². The topological polar surface area (TPSA) is 73.3 Å². The number of aryl methyl sites for hydroxylation is 1. The van der Waals surface area contributed by atoms with Gasteiger partial charge in [-0.15, -0.1) is 0 Å². The van der Waals surface area contributed by atoms with Crippen molar-refractivity contribution in [3.63, 3.8) is 0 Å². The van der Waals surface area contributed by atoms with E-state index < -0.39 is 0 Å². The van der Waals surface area contributed by atoms with E-state index in [0.29, 0.717) is 29.7 Å². The highest BCUT2D eigenvalue weighted by Gasteiger charge is 2.16. The third-order valence-corrected chi connectivity index (χ3v) is 3.05. The summed E-state index contributed by atoms with van der Waals surface area (Å²) in [5.41, 5.74) is 1.04. The molecule has 0 radical (unpaired) electrons. The number of hydrogen-bond donors (Lipinski definition) is 1. The van der Waals surface area contributed by atoms with Crippen LogP contribution in [0.5, 0.6) is 0 Å². The number of aromatic nitrogens is 2. The minimum absolute atomic E-state index is 0.347. The van der Waals surface area contributed by atoms with Crippen LogP contribution in [0.2, 0.25) is 0 Å². The summed E-state index contributed by atoms with van der Waals surface area (Å²) in [6.45, 7) is 6.30. The molecule has 104 valence electrons. The maximum Gasteiger partial charge on any atom is 0.341 e. The Hall–Kier alpha value is -1.69. The largest absolute Gasteiger partial charge is 0.462 e. The third kappa shape index (κ3) is 3.64. The number of esters is 1. The minimum Gasteiger partial charge on any atom is -0.462 e. The molecule has 0 spiro atoms. The van der Waals surface area contributed by atoms with Gasteiger partial charge in [0.25, 0.3) is 0 Å². The molecule has 1 aliphatic heterocycles. The van der Waals surface area contributed by atoms with Gasteiger partial charge in [0.05, 0.1) is 24.5 Å². The summed E-state index contributed by atoms with van der Waals surface area (Å²) in [5, 5.41) is 3.17. The highest BCUT2D eigenvalue weighted by molar-refractivity contribution is 5.90. The zero-order valence-electron chi connectivity index (χ0n) is 11.3. The smallest absolute Gasteiger partial charge is 0.341 e. The Morgan fingerprint density at radius 3 is 3.11 bits per heavy atom. The van der Waals surface area contributed by atoms with Gasteiger partial charge in [-0.2, -0.15) is 0 Å². The maximum absolute atomic E-state index is 11.6.